The minimum Gasteiger partial charge on any atom is -0.302 e. The standard InChI is InChI=1S/C13H14N/c1-3-7-12(8-4-1)11-14-13-9-5-2-6-10-13/h1-9,14H,10-11H2. The first-order chi connectivity index (χ1) is 6.95. The van der Waals surface area contributed by atoms with Gasteiger partial charge in [0.15, 0.2) is 0 Å². The van der Waals surface area contributed by atoms with E-state index < -0.39 is 0 Å². The van der Waals surface area contributed by atoms with Crippen molar-refractivity contribution in [2.45, 2.75) is 13.0 Å². The molecule has 0 amide bonds. The monoisotopic (exact) mass is 184 g/mol. The molecule has 0 aliphatic heterocycles. The first-order valence-electron chi connectivity index (χ1n) is 4.92. The van der Waals surface area contributed by atoms with E-state index in [2.05, 4.69) is 53.9 Å². The van der Waals surface area contributed by atoms with Crippen LogP contribution in [0.15, 0.2) is 54.6 Å². The highest BCUT2D eigenvalue weighted by atomic mass is 14.9. The maximum atomic E-state index is 3.42. The van der Waals surface area contributed by atoms with Gasteiger partial charge < -0.3 is 5.32 Å². The van der Waals surface area contributed by atoms with Crippen molar-refractivity contribution in [3.8, 4) is 0 Å². The molecule has 0 spiro atoms. The number of hydrogen-bond donors (Lipinski definition) is 1. The summed E-state index contributed by atoms with van der Waals surface area (Å²) in [5, 5.41) is 3.42. The fourth-order valence-electron chi connectivity index (χ4n) is 1.46. The van der Waals surface area contributed by atoms with E-state index >= 15 is 0 Å². The maximum Gasteiger partial charge on any atom is 0.0629 e. The Morgan fingerprint density at radius 3 is 2.64 bits per heavy atom. The topological polar surface area (TPSA) is 12.0 Å². The third-order valence-corrected chi connectivity index (χ3v) is 2.24. The van der Waals surface area contributed by atoms with E-state index in [9.17, 15) is 0 Å². The maximum absolute atomic E-state index is 3.42. The van der Waals surface area contributed by atoms with Crippen molar-refractivity contribution in [3.05, 3.63) is 66.2 Å². The lowest BCUT2D eigenvalue weighted by molar-refractivity contribution is 0.714. The molecule has 0 bridgehead atoms. The highest BCUT2D eigenvalue weighted by Gasteiger charge is 2.04. The summed E-state index contributed by atoms with van der Waals surface area (Å²) in [6, 6.07) is 11.7. The zero-order chi connectivity index (χ0) is 9.64. The summed E-state index contributed by atoms with van der Waals surface area (Å²) in [4.78, 5) is 0. The molecule has 1 nitrogen and oxygen atoms in total. The molecule has 2 rings (SSSR count). The molecule has 0 saturated heterocycles. The van der Waals surface area contributed by atoms with Crippen molar-refractivity contribution >= 4 is 0 Å². The van der Waals surface area contributed by atoms with Gasteiger partial charge in [0.25, 0.3) is 0 Å². The molecule has 1 N–H and O–H groups in total. The molecule has 71 valence electrons. The van der Waals surface area contributed by atoms with Crippen molar-refractivity contribution in [2.24, 2.45) is 0 Å². The van der Waals surface area contributed by atoms with E-state index in [0.29, 0.717) is 0 Å². The summed E-state index contributed by atoms with van der Waals surface area (Å²) >= 11 is 0. The number of hydrogen-bond acceptors (Lipinski definition) is 1. The Morgan fingerprint density at radius 1 is 1.07 bits per heavy atom. The minimum absolute atomic E-state index is 0.911. The number of nitrogens with one attached hydrogen (secondary N) is 1. The van der Waals surface area contributed by atoms with Gasteiger partial charge in [-0.2, -0.15) is 0 Å². The Bertz CT molecular complexity index is 324. The lowest BCUT2D eigenvalue weighted by Gasteiger charge is -2.13. The van der Waals surface area contributed by atoms with E-state index in [4.69, 9.17) is 0 Å². The summed E-state index contributed by atoms with van der Waals surface area (Å²) in [5.74, 6) is 0. The van der Waals surface area contributed by atoms with Crippen LogP contribution in [0.25, 0.3) is 0 Å². The summed E-state index contributed by atoms with van der Waals surface area (Å²) in [6.45, 7) is 0.911. The molecule has 14 heavy (non-hydrogen) atoms. The van der Waals surface area contributed by atoms with Gasteiger partial charge in [-0.15, -0.1) is 0 Å². The number of rotatable bonds is 3. The van der Waals surface area contributed by atoms with Gasteiger partial charge in [0.2, 0.25) is 0 Å². The second kappa shape index (κ2) is 4.77. The zero-order valence-electron chi connectivity index (χ0n) is 8.11. The molecule has 1 aliphatic carbocycles. The molecule has 1 aliphatic rings. The molecule has 0 atom stereocenters. The molecular weight excluding hydrogens is 170 g/mol. The molecule has 1 heteroatoms. The second-order valence-corrected chi connectivity index (χ2v) is 3.36. The average Bonchev–Trinajstić information content (AvgIpc) is 2.29. The van der Waals surface area contributed by atoms with Crippen LogP contribution in [-0.4, -0.2) is 0 Å². The van der Waals surface area contributed by atoms with Gasteiger partial charge in [0.05, 0.1) is 6.04 Å². The van der Waals surface area contributed by atoms with E-state index in [-0.39, 0.29) is 0 Å². The van der Waals surface area contributed by atoms with Crippen LogP contribution >= 0.6 is 0 Å². The SMILES string of the molecule is C1=CC[C](NCc2ccccc2)C=C1. The highest BCUT2D eigenvalue weighted by Crippen LogP contribution is 2.11. The normalized spacial score (nSPS) is 16.0. The molecule has 0 fully saturated rings. The molecule has 1 aromatic carbocycles. The van der Waals surface area contributed by atoms with E-state index in [0.717, 1.165) is 13.0 Å². The lowest BCUT2D eigenvalue weighted by atomic mass is 10.1. The Morgan fingerprint density at radius 2 is 1.93 bits per heavy atom. The lowest BCUT2D eigenvalue weighted by Crippen LogP contribution is -2.19. The molecule has 0 heterocycles. The third kappa shape index (κ3) is 2.57. The molecule has 0 aromatic heterocycles. The molecule has 1 radical (unpaired) electrons. The number of allylic oxidation sites excluding steroid dienone is 2. The average molecular weight is 184 g/mol. The molecule has 1 aromatic rings. The smallest absolute Gasteiger partial charge is 0.0629 e. The Kier molecular flexibility index (Phi) is 3.15. The largest absolute Gasteiger partial charge is 0.302 e. The molecule has 0 saturated carbocycles. The van der Waals surface area contributed by atoms with E-state index in [1.54, 1.807) is 0 Å². The van der Waals surface area contributed by atoms with Gasteiger partial charge >= 0.3 is 0 Å². The van der Waals surface area contributed by atoms with Crippen LogP contribution in [0.3, 0.4) is 0 Å². The van der Waals surface area contributed by atoms with Crippen molar-refractivity contribution in [1.82, 2.24) is 5.32 Å². The first-order valence-corrected chi connectivity index (χ1v) is 4.92. The van der Waals surface area contributed by atoms with Crippen LogP contribution in [0.1, 0.15) is 12.0 Å². The highest BCUT2D eigenvalue weighted by molar-refractivity contribution is 5.23. The van der Waals surface area contributed by atoms with Crippen LogP contribution in [0.5, 0.6) is 0 Å². The van der Waals surface area contributed by atoms with Gasteiger partial charge in [0, 0.05) is 6.54 Å². The van der Waals surface area contributed by atoms with Crippen LogP contribution < -0.4 is 5.32 Å². The van der Waals surface area contributed by atoms with Crippen molar-refractivity contribution in [2.75, 3.05) is 0 Å². The van der Waals surface area contributed by atoms with Gasteiger partial charge in [-0.25, -0.2) is 0 Å². The summed E-state index contributed by atoms with van der Waals surface area (Å²) in [7, 11) is 0. The third-order valence-electron chi connectivity index (χ3n) is 2.24. The van der Waals surface area contributed by atoms with Crippen molar-refractivity contribution < 1.29 is 0 Å². The van der Waals surface area contributed by atoms with Gasteiger partial charge in [-0.3, -0.25) is 0 Å². The first kappa shape index (κ1) is 9.22. The molecular formula is C13H14N. The Labute approximate surface area is 85.2 Å². The second-order valence-electron chi connectivity index (χ2n) is 3.36. The predicted octanol–water partition coefficient (Wildman–Crippen LogP) is 2.82. The number of benzene rings is 1. The van der Waals surface area contributed by atoms with Crippen molar-refractivity contribution in [3.63, 3.8) is 0 Å². The van der Waals surface area contributed by atoms with Gasteiger partial charge in [-0.05, 0) is 12.0 Å². The Hall–Kier alpha value is -1.34. The molecule has 0 unspecified atom stereocenters. The van der Waals surface area contributed by atoms with Crippen LogP contribution in [0, 0.1) is 6.04 Å². The quantitative estimate of drug-likeness (QED) is 0.761. The predicted molar refractivity (Wildman–Crippen MR) is 59.4 cm³/mol. The van der Waals surface area contributed by atoms with Crippen LogP contribution in [-0.2, 0) is 6.54 Å². The summed E-state index contributed by atoms with van der Waals surface area (Å²) in [6.07, 6.45) is 9.45. The minimum atomic E-state index is 0.911. The Balaban J connectivity index is 1.83. The zero-order valence-corrected chi connectivity index (χ0v) is 8.11. The van der Waals surface area contributed by atoms with Gasteiger partial charge in [0.1, 0.15) is 0 Å². The van der Waals surface area contributed by atoms with Crippen LogP contribution in [0.2, 0.25) is 0 Å². The van der Waals surface area contributed by atoms with Crippen molar-refractivity contribution in [1.29, 1.82) is 0 Å². The fourth-order valence-corrected chi connectivity index (χ4v) is 1.46. The van der Waals surface area contributed by atoms with E-state index in [1.807, 2.05) is 6.07 Å². The van der Waals surface area contributed by atoms with Crippen LogP contribution in [0.4, 0.5) is 0 Å². The summed E-state index contributed by atoms with van der Waals surface area (Å²) in [5.41, 5.74) is 1.32. The summed E-state index contributed by atoms with van der Waals surface area (Å²) < 4.78 is 0. The fraction of sp³-hybridized carbons (Fsp3) is 0.154. The van der Waals surface area contributed by atoms with Gasteiger partial charge in [-0.1, -0.05) is 54.6 Å². The van der Waals surface area contributed by atoms with E-state index in [1.165, 1.54) is 11.6 Å².